The second-order valence-corrected chi connectivity index (χ2v) is 4.38. The lowest BCUT2D eigenvalue weighted by atomic mass is 9.88. The zero-order valence-corrected chi connectivity index (χ0v) is 9.59. The van der Waals surface area contributed by atoms with Crippen molar-refractivity contribution >= 4 is 0 Å². The largest absolute Gasteiger partial charge is 0.322 e. The summed E-state index contributed by atoms with van der Waals surface area (Å²) in [6.45, 7) is 4.13. The maximum atomic E-state index is 13.0. The molecule has 1 nitrogen and oxygen atoms in total. The smallest absolute Gasteiger partial charge is 0.123 e. The van der Waals surface area contributed by atoms with Gasteiger partial charge in [-0.2, -0.15) is 0 Å². The van der Waals surface area contributed by atoms with Crippen LogP contribution in [0.3, 0.4) is 0 Å². The second kappa shape index (κ2) is 5.26. The van der Waals surface area contributed by atoms with Crippen molar-refractivity contribution in [3.63, 3.8) is 0 Å². The second-order valence-electron chi connectivity index (χ2n) is 4.38. The van der Waals surface area contributed by atoms with Crippen LogP contribution >= 0.6 is 0 Å². The fourth-order valence-corrected chi connectivity index (χ4v) is 1.73. The third-order valence-corrected chi connectivity index (χ3v) is 2.78. The number of rotatable bonds is 5. The van der Waals surface area contributed by atoms with Crippen LogP contribution in [0.25, 0.3) is 0 Å². The molecule has 1 aromatic carbocycles. The van der Waals surface area contributed by atoms with Crippen LogP contribution < -0.4 is 5.73 Å². The molecule has 84 valence electrons. The number of unbranched alkanes of at least 4 members (excludes halogenated alkanes) is 2. The molecule has 1 aromatic rings. The lowest BCUT2D eigenvalue weighted by Crippen LogP contribution is -2.32. The van der Waals surface area contributed by atoms with Gasteiger partial charge in [-0.3, -0.25) is 0 Å². The highest BCUT2D eigenvalue weighted by molar-refractivity contribution is 5.23. The Morgan fingerprint density at radius 2 is 2.07 bits per heavy atom. The van der Waals surface area contributed by atoms with Crippen molar-refractivity contribution < 1.29 is 4.39 Å². The quantitative estimate of drug-likeness (QED) is 0.737. The Morgan fingerprint density at radius 3 is 2.67 bits per heavy atom. The maximum Gasteiger partial charge on any atom is 0.123 e. The Hall–Kier alpha value is -0.890. The number of halogens is 1. The highest BCUT2D eigenvalue weighted by atomic mass is 19.1. The molecule has 1 atom stereocenters. The molecule has 2 heteroatoms. The van der Waals surface area contributed by atoms with Crippen molar-refractivity contribution in [3.05, 3.63) is 35.6 Å². The minimum atomic E-state index is -0.405. The van der Waals surface area contributed by atoms with E-state index in [0.717, 1.165) is 18.4 Å². The van der Waals surface area contributed by atoms with Crippen LogP contribution in [0.5, 0.6) is 0 Å². The van der Waals surface area contributed by atoms with Crippen molar-refractivity contribution in [1.29, 1.82) is 0 Å². The summed E-state index contributed by atoms with van der Waals surface area (Å²) >= 11 is 0. The van der Waals surface area contributed by atoms with Crippen LogP contribution in [0.2, 0.25) is 0 Å². The molecule has 0 aromatic heterocycles. The zero-order chi connectivity index (χ0) is 11.3. The van der Waals surface area contributed by atoms with E-state index in [1.54, 1.807) is 6.07 Å². The molecule has 0 aliphatic heterocycles. The summed E-state index contributed by atoms with van der Waals surface area (Å²) in [7, 11) is 0. The lowest BCUT2D eigenvalue weighted by molar-refractivity contribution is 0.424. The molecule has 2 N–H and O–H groups in total. The van der Waals surface area contributed by atoms with Gasteiger partial charge < -0.3 is 5.73 Å². The summed E-state index contributed by atoms with van der Waals surface area (Å²) in [6.07, 6.45) is 4.37. The van der Waals surface area contributed by atoms with Crippen LogP contribution in [-0.4, -0.2) is 0 Å². The normalized spacial score (nSPS) is 14.9. The third kappa shape index (κ3) is 3.63. The first-order chi connectivity index (χ1) is 7.06. The van der Waals surface area contributed by atoms with Gasteiger partial charge in [0.05, 0.1) is 0 Å². The molecule has 0 spiro atoms. The van der Waals surface area contributed by atoms with Crippen LogP contribution in [0.1, 0.15) is 45.1 Å². The standard InChI is InChI=1S/C13H20FN/c1-3-4-5-9-13(2,15)11-7-6-8-12(14)10-11/h6-8,10H,3-5,9,15H2,1-2H3. The Balaban J connectivity index is 2.67. The zero-order valence-electron chi connectivity index (χ0n) is 9.59. The van der Waals surface area contributed by atoms with Crippen molar-refractivity contribution in [2.45, 2.75) is 45.1 Å². The summed E-state index contributed by atoms with van der Waals surface area (Å²) in [5, 5.41) is 0. The summed E-state index contributed by atoms with van der Waals surface area (Å²) < 4.78 is 13.0. The van der Waals surface area contributed by atoms with Gasteiger partial charge in [0.25, 0.3) is 0 Å². The van der Waals surface area contributed by atoms with Gasteiger partial charge in [0.2, 0.25) is 0 Å². The first-order valence-electron chi connectivity index (χ1n) is 5.61. The summed E-state index contributed by atoms with van der Waals surface area (Å²) in [6, 6.07) is 6.60. The molecule has 1 unspecified atom stereocenters. The van der Waals surface area contributed by atoms with Gasteiger partial charge in [0.1, 0.15) is 5.82 Å². The average molecular weight is 209 g/mol. The molecule has 0 radical (unpaired) electrons. The van der Waals surface area contributed by atoms with E-state index in [1.807, 2.05) is 13.0 Å². The molecule has 0 saturated heterocycles. The molecule has 0 aliphatic rings. The minimum absolute atomic E-state index is 0.209. The van der Waals surface area contributed by atoms with E-state index in [0.29, 0.717) is 0 Å². The number of benzene rings is 1. The van der Waals surface area contributed by atoms with Crippen molar-refractivity contribution in [2.24, 2.45) is 5.73 Å². The highest BCUT2D eigenvalue weighted by Crippen LogP contribution is 2.24. The van der Waals surface area contributed by atoms with Gasteiger partial charge in [-0.1, -0.05) is 38.3 Å². The summed E-state index contributed by atoms with van der Waals surface area (Å²) in [5.41, 5.74) is 6.66. The van der Waals surface area contributed by atoms with Gasteiger partial charge >= 0.3 is 0 Å². The highest BCUT2D eigenvalue weighted by Gasteiger charge is 2.20. The Morgan fingerprint density at radius 1 is 1.33 bits per heavy atom. The van der Waals surface area contributed by atoms with Crippen LogP contribution in [0.4, 0.5) is 4.39 Å². The van der Waals surface area contributed by atoms with E-state index in [2.05, 4.69) is 6.92 Å². The fraction of sp³-hybridized carbons (Fsp3) is 0.538. The van der Waals surface area contributed by atoms with Crippen molar-refractivity contribution in [2.75, 3.05) is 0 Å². The molecule has 0 heterocycles. The van der Waals surface area contributed by atoms with E-state index in [-0.39, 0.29) is 5.82 Å². The monoisotopic (exact) mass is 209 g/mol. The van der Waals surface area contributed by atoms with Gasteiger partial charge in [-0.05, 0) is 31.0 Å². The molecular formula is C13H20FN. The molecule has 0 fully saturated rings. The minimum Gasteiger partial charge on any atom is -0.322 e. The maximum absolute atomic E-state index is 13.0. The fourth-order valence-electron chi connectivity index (χ4n) is 1.73. The average Bonchev–Trinajstić information content (AvgIpc) is 2.18. The van der Waals surface area contributed by atoms with E-state index >= 15 is 0 Å². The number of hydrogen-bond donors (Lipinski definition) is 1. The predicted octanol–water partition coefficient (Wildman–Crippen LogP) is 3.58. The summed E-state index contributed by atoms with van der Waals surface area (Å²) in [4.78, 5) is 0. The van der Waals surface area contributed by atoms with E-state index in [4.69, 9.17) is 5.73 Å². The SMILES string of the molecule is CCCCCC(C)(N)c1cccc(F)c1. The first kappa shape index (κ1) is 12.2. The van der Waals surface area contributed by atoms with E-state index in [9.17, 15) is 4.39 Å². The molecule has 0 bridgehead atoms. The van der Waals surface area contributed by atoms with Gasteiger partial charge in [-0.25, -0.2) is 4.39 Å². The molecule has 1 rings (SSSR count). The van der Waals surface area contributed by atoms with E-state index < -0.39 is 5.54 Å². The topological polar surface area (TPSA) is 26.0 Å². The molecule has 15 heavy (non-hydrogen) atoms. The summed E-state index contributed by atoms with van der Waals surface area (Å²) in [5.74, 6) is -0.209. The molecule has 0 aliphatic carbocycles. The predicted molar refractivity (Wildman–Crippen MR) is 62.1 cm³/mol. The van der Waals surface area contributed by atoms with Crippen molar-refractivity contribution in [1.82, 2.24) is 0 Å². The Kier molecular flexibility index (Phi) is 4.28. The van der Waals surface area contributed by atoms with Gasteiger partial charge in [0.15, 0.2) is 0 Å². The van der Waals surface area contributed by atoms with Crippen molar-refractivity contribution in [3.8, 4) is 0 Å². The van der Waals surface area contributed by atoms with Gasteiger partial charge in [-0.15, -0.1) is 0 Å². The van der Waals surface area contributed by atoms with Crippen LogP contribution in [-0.2, 0) is 5.54 Å². The molecular weight excluding hydrogens is 189 g/mol. The molecule has 0 saturated carbocycles. The number of hydrogen-bond acceptors (Lipinski definition) is 1. The number of nitrogens with two attached hydrogens (primary N) is 1. The third-order valence-electron chi connectivity index (χ3n) is 2.78. The molecule has 0 amide bonds. The van der Waals surface area contributed by atoms with Gasteiger partial charge in [0, 0.05) is 5.54 Å². The Bertz CT molecular complexity index is 307. The lowest BCUT2D eigenvalue weighted by Gasteiger charge is -2.25. The van der Waals surface area contributed by atoms with Crippen LogP contribution in [0, 0.1) is 5.82 Å². The van der Waals surface area contributed by atoms with E-state index in [1.165, 1.54) is 25.0 Å². The van der Waals surface area contributed by atoms with Crippen LogP contribution in [0.15, 0.2) is 24.3 Å². The first-order valence-corrected chi connectivity index (χ1v) is 5.61. The Labute approximate surface area is 91.5 Å².